The van der Waals surface area contributed by atoms with E-state index in [1.807, 2.05) is 11.8 Å². The van der Waals surface area contributed by atoms with Gasteiger partial charge in [-0.05, 0) is 37.6 Å². The summed E-state index contributed by atoms with van der Waals surface area (Å²) in [5.74, 6) is -0.163. The van der Waals surface area contributed by atoms with E-state index in [2.05, 4.69) is 10.3 Å². The Balaban J connectivity index is 1.74. The number of carbonyl (C=O) groups excluding carboxylic acids is 1. The van der Waals surface area contributed by atoms with Crippen molar-refractivity contribution in [1.29, 1.82) is 0 Å². The lowest BCUT2D eigenvalue weighted by atomic mass is 10.1. The molecule has 0 radical (unpaired) electrons. The van der Waals surface area contributed by atoms with Crippen LogP contribution in [0.2, 0.25) is 0 Å². The number of aromatic nitrogens is 1. The molecule has 1 amide bonds. The Morgan fingerprint density at radius 2 is 2.09 bits per heavy atom. The molecule has 0 unspecified atom stereocenters. The molecule has 1 aromatic carbocycles. The van der Waals surface area contributed by atoms with Gasteiger partial charge in [0.1, 0.15) is 10.7 Å². The summed E-state index contributed by atoms with van der Waals surface area (Å²) in [7, 11) is 0. The third-order valence-electron chi connectivity index (χ3n) is 3.93. The van der Waals surface area contributed by atoms with Crippen LogP contribution < -0.4 is 5.32 Å². The first-order valence-electron chi connectivity index (χ1n) is 7.84. The lowest BCUT2D eigenvalue weighted by molar-refractivity contribution is 0.0770. The van der Waals surface area contributed by atoms with E-state index in [4.69, 9.17) is 0 Å². The summed E-state index contributed by atoms with van der Waals surface area (Å²) in [6.07, 6.45) is 1.60. The molecule has 122 valence electrons. The Morgan fingerprint density at radius 1 is 1.30 bits per heavy atom. The summed E-state index contributed by atoms with van der Waals surface area (Å²) in [6, 6.07) is 6.42. The predicted octanol–water partition coefficient (Wildman–Crippen LogP) is 2.62. The van der Waals surface area contributed by atoms with Crippen molar-refractivity contribution in [3.8, 4) is 0 Å². The average Bonchev–Trinajstić information content (AvgIpc) is 2.76. The molecule has 4 nitrogen and oxygen atoms in total. The number of rotatable bonds is 3. The van der Waals surface area contributed by atoms with Crippen LogP contribution in [0.1, 0.15) is 32.4 Å². The second-order valence-corrected chi connectivity index (χ2v) is 6.80. The van der Waals surface area contributed by atoms with Crippen molar-refractivity contribution in [3.63, 3.8) is 0 Å². The third-order valence-corrected chi connectivity index (χ3v) is 5.08. The predicted molar refractivity (Wildman–Crippen MR) is 89.4 cm³/mol. The van der Waals surface area contributed by atoms with Gasteiger partial charge in [-0.3, -0.25) is 4.79 Å². The molecule has 1 saturated heterocycles. The highest BCUT2D eigenvalue weighted by Gasteiger charge is 2.22. The Morgan fingerprint density at radius 3 is 2.87 bits per heavy atom. The fourth-order valence-electron chi connectivity index (χ4n) is 2.70. The van der Waals surface area contributed by atoms with Crippen molar-refractivity contribution in [2.45, 2.75) is 19.8 Å². The van der Waals surface area contributed by atoms with Crippen LogP contribution in [-0.2, 0) is 6.42 Å². The second kappa shape index (κ2) is 7.19. The van der Waals surface area contributed by atoms with Crippen molar-refractivity contribution >= 4 is 17.2 Å². The molecule has 1 aromatic heterocycles. The van der Waals surface area contributed by atoms with Crippen LogP contribution in [0.3, 0.4) is 0 Å². The number of aryl methyl sites for hydroxylation is 1. The van der Waals surface area contributed by atoms with Gasteiger partial charge in [0.15, 0.2) is 0 Å². The smallest absolute Gasteiger partial charge is 0.265 e. The standard InChI is InChI=1S/C17H20FN3OS/c1-12-16(17(22)21-9-2-7-19-8-10-21)23-15(20-12)11-13-3-5-14(18)6-4-13/h3-6,19H,2,7-11H2,1H3. The highest BCUT2D eigenvalue weighted by molar-refractivity contribution is 7.13. The number of halogens is 1. The summed E-state index contributed by atoms with van der Waals surface area (Å²) in [5, 5.41) is 4.20. The topological polar surface area (TPSA) is 45.2 Å². The van der Waals surface area contributed by atoms with E-state index in [-0.39, 0.29) is 11.7 Å². The zero-order valence-electron chi connectivity index (χ0n) is 13.1. The molecule has 0 spiro atoms. The number of nitrogens with one attached hydrogen (secondary N) is 1. The SMILES string of the molecule is Cc1nc(Cc2ccc(F)cc2)sc1C(=O)N1CCCNCC1. The van der Waals surface area contributed by atoms with Gasteiger partial charge in [0.05, 0.1) is 10.7 Å². The van der Waals surface area contributed by atoms with E-state index in [0.717, 1.165) is 53.7 Å². The minimum absolute atomic E-state index is 0.0778. The highest BCUT2D eigenvalue weighted by atomic mass is 32.1. The van der Waals surface area contributed by atoms with Gasteiger partial charge in [-0.2, -0.15) is 0 Å². The first-order valence-corrected chi connectivity index (χ1v) is 8.66. The monoisotopic (exact) mass is 333 g/mol. The number of benzene rings is 1. The van der Waals surface area contributed by atoms with Crippen LogP contribution >= 0.6 is 11.3 Å². The summed E-state index contributed by atoms with van der Waals surface area (Å²) in [6.45, 7) is 5.21. The van der Waals surface area contributed by atoms with E-state index in [1.54, 1.807) is 12.1 Å². The van der Waals surface area contributed by atoms with Crippen LogP contribution in [0.15, 0.2) is 24.3 Å². The van der Waals surface area contributed by atoms with Crippen LogP contribution in [-0.4, -0.2) is 42.0 Å². The number of nitrogens with zero attached hydrogens (tertiary/aromatic N) is 2. The van der Waals surface area contributed by atoms with Gasteiger partial charge in [0.2, 0.25) is 0 Å². The summed E-state index contributed by atoms with van der Waals surface area (Å²) in [5.41, 5.74) is 1.78. The fraction of sp³-hybridized carbons (Fsp3) is 0.412. The molecule has 1 N–H and O–H groups in total. The fourth-order valence-corrected chi connectivity index (χ4v) is 3.76. The van der Waals surface area contributed by atoms with Gasteiger partial charge < -0.3 is 10.2 Å². The van der Waals surface area contributed by atoms with E-state index in [1.165, 1.54) is 23.5 Å². The molecule has 6 heteroatoms. The number of hydrogen-bond donors (Lipinski definition) is 1. The molecule has 0 saturated carbocycles. The molecule has 0 atom stereocenters. The number of carbonyl (C=O) groups is 1. The summed E-state index contributed by atoms with van der Waals surface area (Å²) >= 11 is 1.45. The Labute approximate surface area is 139 Å². The minimum atomic E-state index is -0.241. The van der Waals surface area contributed by atoms with Crippen molar-refractivity contribution < 1.29 is 9.18 Å². The zero-order valence-corrected chi connectivity index (χ0v) is 14.0. The molecule has 2 heterocycles. The van der Waals surface area contributed by atoms with Gasteiger partial charge in [-0.25, -0.2) is 9.37 Å². The molecule has 1 aliphatic rings. The van der Waals surface area contributed by atoms with Crippen molar-refractivity contribution in [1.82, 2.24) is 15.2 Å². The third kappa shape index (κ3) is 3.95. The van der Waals surface area contributed by atoms with E-state index >= 15 is 0 Å². The van der Waals surface area contributed by atoms with Crippen LogP contribution in [0, 0.1) is 12.7 Å². The molecule has 1 fully saturated rings. The summed E-state index contributed by atoms with van der Waals surface area (Å²) < 4.78 is 13.0. The first-order chi connectivity index (χ1) is 11.1. The van der Waals surface area contributed by atoms with Crippen molar-refractivity contribution in [2.75, 3.05) is 26.2 Å². The van der Waals surface area contributed by atoms with Gasteiger partial charge >= 0.3 is 0 Å². The lowest BCUT2D eigenvalue weighted by Crippen LogP contribution is -2.34. The Bertz CT molecular complexity index is 676. The van der Waals surface area contributed by atoms with Gasteiger partial charge in [0, 0.05) is 26.1 Å². The number of amides is 1. The van der Waals surface area contributed by atoms with Gasteiger partial charge in [0.25, 0.3) is 5.91 Å². The van der Waals surface area contributed by atoms with Crippen molar-refractivity contribution in [3.05, 3.63) is 51.2 Å². The molecule has 1 aliphatic heterocycles. The largest absolute Gasteiger partial charge is 0.337 e. The molecular formula is C17H20FN3OS. The zero-order chi connectivity index (χ0) is 16.2. The van der Waals surface area contributed by atoms with Gasteiger partial charge in [-0.1, -0.05) is 12.1 Å². The first kappa shape index (κ1) is 16.1. The molecule has 0 bridgehead atoms. The van der Waals surface area contributed by atoms with Crippen LogP contribution in [0.4, 0.5) is 4.39 Å². The number of thiazole rings is 1. The number of hydrogen-bond acceptors (Lipinski definition) is 4. The highest BCUT2D eigenvalue weighted by Crippen LogP contribution is 2.23. The molecule has 3 rings (SSSR count). The maximum absolute atomic E-state index is 13.0. The summed E-state index contributed by atoms with van der Waals surface area (Å²) in [4.78, 5) is 19.9. The lowest BCUT2D eigenvalue weighted by Gasteiger charge is -2.19. The van der Waals surface area contributed by atoms with E-state index < -0.39 is 0 Å². The van der Waals surface area contributed by atoms with Crippen LogP contribution in [0.5, 0.6) is 0 Å². The molecule has 2 aromatic rings. The van der Waals surface area contributed by atoms with E-state index in [0.29, 0.717) is 6.42 Å². The maximum atomic E-state index is 13.0. The Kier molecular flexibility index (Phi) is 5.03. The molecular weight excluding hydrogens is 313 g/mol. The molecule has 23 heavy (non-hydrogen) atoms. The Hall–Kier alpha value is -1.79. The minimum Gasteiger partial charge on any atom is -0.337 e. The van der Waals surface area contributed by atoms with Crippen LogP contribution in [0.25, 0.3) is 0 Å². The normalized spacial score (nSPS) is 15.5. The second-order valence-electron chi connectivity index (χ2n) is 5.72. The van der Waals surface area contributed by atoms with E-state index in [9.17, 15) is 9.18 Å². The molecule has 0 aliphatic carbocycles. The maximum Gasteiger partial charge on any atom is 0.265 e. The quantitative estimate of drug-likeness (QED) is 0.939. The van der Waals surface area contributed by atoms with Gasteiger partial charge in [-0.15, -0.1) is 11.3 Å². The van der Waals surface area contributed by atoms with Crippen molar-refractivity contribution in [2.24, 2.45) is 0 Å². The average molecular weight is 333 g/mol.